The van der Waals surface area contributed by atoms with Crippen LogP contribution in [0.15, 0.2) is 52.5 Å². The number of allylic oxidation sites excluding steroid dienone is 3. The van der Waals surface area contributed by atoms with Gasteiger partial charge in [-0.2, -0.15) is 13.2 Å². The van der Waals surface area contributed by atoms with E-state index in [1.165, 1.54) is 17.5 Å². The molecule has 2 heterocycles. The number of carbonyl (C=O) groups excluding carboxylic acids is 1. The number of aliphatic imine (C=N–C) groups is 1. The molecule has 10 heteroatoms. The molecular formula is C35H53F3N4OS2. The third kappa shape index (κ3) is 15.1. The molecule has 0 N–H and O–H groups in total. The molecule has 0 bridgehead atoms. The van der Waals surface area contributed by atoms with Crippen molar-refractivity contribution >= 4 is 41.1 Å². The van der Waals surface area contributed by atoms with Crippen molar-refractivity contribution < 1.29 is 18.0 Å². The van der Waals surface area contributed by atoms with Gasteiger partial charge in [-0.3, -0.25) is 9.79 Å². The molecule has 252 valence electrons. The van der Waals surface area contributed by atoms with E-state index >= 15 is 0 Å². The van der Waals surface area contributed by atoms with Crippen LogP contribution in [0.5, 0.6) is 0 Å². The minimum atomic E-state index is -4.32. The van der Waals surface area contributed by atoms with Crippen LogP contribution in [0.25, 0.3) is 6.08 Å². The largest absolute Gasteiger partial charge is 0.446 e. The highest BCUT2D eigenvalue weighted by Gasteiger charge is 2.30. The number of aryl methyl sites for hydroxylation is 1. The first-order valence-electron chi connectivity index (χ1n) is 15.8. The maximum Gasteiger partial charge on any atom is 0.446 e. The Morgan fingerprint density at radius 3 is 2.31 bits per heavy atom. The van der Waals surface area contributed by atoms with Gasteiger partial charge >= 0.3 is 5.51 Å². The number of thioether (sulfide) groups is 2. The maximum absolute atomic E-state index is 12.9. The number of hydrogen-bond donors (Lipinski definition) is 0. The minimum Gasteiger partial charge on any atom is -0.345 e. The summed E-state index contributed by atoms with van der Waals surface area (Å²) in [5.74, 6) is 1.63. The summed E-state index contributed by atoms with van der Waals surface area (Å²) in [6.45, 7) is 19.5. The smallest absolute Gasteiger partial charge is 0.345 e. The highest BCUT2D eigenvalue weighted by Crippen LogP contribution is 2.39. The third-order valence-corrected chi connectivity index (χ3v) is 8.60. The number of benzene rings is 1. The van der Waals surface area contributed by atoms with Crippen LogP contribution < -0.4 is 0 Å². The number of likely N-dealkylation sites (tertiary alicyclic amines) is 1. The number of aromatic nitrogens is 2. The van der Waals surface area contributed by atoms with Gasteiger partial charge in [-0.15, -0.1) is 11.8 Å². The Labute approximate surface area is 278 Å². The summed E-state index contributed by atoms with van der Waals surface area (Å²) >= 11 is 1.39. The third-order valence-electron chi connectivity index (χ3n) is 7.14. The number of nitrogens with zero attached hydrogens (tertiary/aromatic N) is 4. The van der Waals surface area contributed by atoms with E-state index in [-0.39, 0.29) is 22.1 Å². The van der Waals surface area contributed by atoms with Crippen LogP contribution in [0, 0.1) is 12.8 Å². The molecule has 0 unspecified atom stereocenters. The van der Waals surface area contributed by atoms with Gasteiger partial charge in [0.1, 0.15) is 5.82 Å². The molecule has 1 fully saturated rings. The average molecular weight is 667 g/mol. The summed E-state index contributed by atoms with van der Waals surface area (Å²) in [5, 5.41) is 0.769. The average Bonchev–Trinajstić information content (AvgIpc) is 3.34. The van der Waals surface area contributed by atoms with Gasteiger partial charge in [-0.05, 0) is 98.7 Å². The van der Waals surface area contributed by atoms with Crippen molar-refractivity contribution in [3.8, 4) is 0 Å². The van der Waals surface area contributed by atoms with Crippen LogP contribution in [-0.2, 0) is 16.8 Å². The first kappa shape index (κ1) is 40.6. The normalized spacial score (nSPS) is 14.8. The fraction of sp³-hybridized carbons (Fsp3) is 0.571. The second-order valence-electron chi connectivity index (χ2n) is 11.6. The van der Waals surface area contributed by atoms with Crippen LogP contribution in [0.3, 0.4) is 0 Å². The Kier molecular flexibility index (Phi) is 18.6. The van der Waals surface area contributed by atoms with Crippen molar-refractivity contribution in [1.82, 2.24) is 14.5 Å². The summed E-state index contributed by atoms with van der Waals surface area (Å²) in [6.07, 6.45) is 16.9. The number of amides is 1. The molecule has 45 heavy (non-hydrogen) atoms. The Bertz CT molecular complexity index is 1240. The number of rotatable bonds is 10. The van der Waals surface area contributed by atoms with Gasteiger partial charge in [-0.1, -0.05) is 59.8 Å². The van der Waals surface area contributed by atoms with Gasteiger partial charge in [0.25, 0.3) is 0 Å². The summed E-state index contributed by atoms with van der Waals surface area (Å²) in [7, 11) is 0. The van der Waals surface area contributed by atoms with Gasteiger partial charge in [0.2, 0.25) is 6.41 Å². The molecule has 1 aliphatic rings. The molecule has 0 saturated carbocycles. The second-order valence-corrected chi connectivity index (χ2v) is 13.5. The van der Waals surface area contributed by atoms with Crippen molar-refractivity contribution in [3.05, 3.63) is 65.3 Å². The minimum absolute atomic E-state index is 0.0754. The summed E-state index contributed by atoms with van der Waals surface area (Å²) in [4.78, 5) is 21.8. The quantitative estimate of drug-likeness (QED) is 0.0833. The lowest BCUT2D eigenvalue weighted by Gasteiger charge is -2.28. The molecule has 1 amide bonds. The van der Waals surface area contributed by atoms with Gasteiger partial charge in [0.05, 0.1) is 16.9 Å². The lowest BCUT2D eigenvalue weighted by molar-refractivity contribution is -0.119. The van der Waals surface area contributed by atoms with Gasteiger partial charge in [0, 0.05) is 36.6 Å². The number of imidazole rings is 1. The molecule has 1 aromatic carbocycles. The molecule has 3 rings (SSSR count). The van der Waals surface area contributed by atoms with Crippen molar-refractivity contribution in [2.45, 2.75) is 103 Å². The SMILES string of the molecule is C/C=C\C=C/c1cnc(C)n1CCC.CC.CSC(=NCCC1CCN(C=O)CC1)c1cc(SC(F)(F)F)cc(C(C)(C)C)c1. The Morgan fingerprint density at radius 2 is 1.78 bits per heavy atom. The maximum atomic E-state index is 12.9. The fourth-order valence-electron chi connectivity index (χ4n) is 4.72. The van der Waals surface area contributed by atoms with Crippen LogP contribution in [-0.4, -0.2) is 57.3 Å². The molecule has 2 aromatic rings. The van der Waals surface area contributed by atoms with E-state index < -0.39 is 5.51 Å². The molecule has 0 aliphatic carbocycles. The number of carbonyl (C=O) groups is 1. The molecule has 0 atom stereocenters. The fourth-order valence-corrected chi connectivity index (χ4v) is 5.93. The molecule has 0 spiro atoms. The van der Waals surface area contributed by atoms with E-state index in [0.29, 0.717) is 12.5 Å². The van der Waals surface area contributed by atoms with Crippen molar-refractivity contribution in [1.29, 1.82) is 0 Å². The predicted molar refractivity (Wildman–Crippen MR) is 189 cm³/mol. The van der Waals surface area contributed by atoms with E-state index in [2.05, 4.69) is 22.6 Å². The zero-order valence-electron chi connectivity index (χ0n) is 28.6. The second kappa shape index (κ2) is 20.6. The standard InChI is InChI=1S/C21H29F3N2OS2.C12H18N2.C2H6/c1-20(2,3)17-11-16(12-18(13-17)29-21(22,23)24)19(28-4)25-8-5-15-6-9-26(14-27)10-7-15;1-4-6-7-8-12-10-13-11(3)14(12)9-5-2;1-2/h11-15H,5-10H2,1-4H3;4,6-8,10H,5,9H2,1-3H3;1-2H3/b;6-4-,8-7-;. The van der Waals surface area contributed by atoms with Crippen LogP contribution in [0.4, 0.5) is 13.2 Å². The van der Waals surface area contributed by atoms with Crippen molar-refractivity contribution in [3.63, 3.8) is 0 Å². The van der Waals surface area contributed by atoms with E-state index in [1.54, 1.807) is 17.0 Å². The van der Waals surface area contributed by atoms with Crippen molar-refractivity contribution in [2.75, 3.05) is 25.9 Å². The molecule has 1 aromatic heterocycles. The lowest BCUT2D eigenvalue weighted by Crippen LogP contribution is -2.32. The number of piperidine rings is 1. The van der Waals surface area contributed by atoms with Crippen LogP contribution in [0.2, 0.25) is 0 Å². The zero-order chi connectivity index (χ0) is 34.0. The van der Waals surface area contributed by atoms with Crippen LogP contribution >= 0.6 is 23.5 Å². The lowest BCUT2D eigenvalue weighted by atomic mass is 9.86. The Hall–Kier alpha value is -2.46. The van der Waals surface area contributed by atoms with Gasteiger partial charge < -0.3 is 9.47 Å². The van der Waals surface area contributed by atoms with E-state index in [1.807, 2.05) is 85.2 Å². The predicted octanol–water partition coefficient (Wildman–Crippen LogP) is 10.2. The highest BCUT2D eigenvalue weighted by molar-refractivity contribution is 8.13. The van der Waals surface area contributed by atoms with E-state index in [4.69, 9.17) is 4.99 Å². The monoisotopic (exact) mass is 666 g/mol. The number of hydrogen-bond acceptors (Lipinski definition) is 5. The summed E-state index contributed by atoms with van der Waals surface area (Å²) in [6, 6.07) is 5.17. The molecule has 5 nitrogen and oxygen atoms in total. The Balaban J connectivity index is 0.000000529. The first-order valence-corrected chi connectivity index (χ1v) is 17.9. The number of alkyl halides is 3. The van der Waals surface area contributed by atoms with Gasteiger partial charge in [-0.25, -0.2) is 4.98 Å². The van der Waals surface area contributed by atoms with E-state index in [9.17, 15) is 18.0 Å². The van der Waals surface area contributed by atoms with Crippen LogP contribution in [0.1, 0.15) is 96.8 Å². The number of halogens is 3. The summed E-state index contributed by atoms with van der Waals surface area (Å²) in [5.41, 5.74) is -1.78. The zero-order valence-corrected chi connectivity index (χ0v) is 30.2. The highest BCUT2D eigenvalue weighted by atomic mass is 32.2. The summed E-state index contributed by atoms with van der Waals surface area (Å²) < 4.78 is 41.1. The Morgan fingerprint density at radius 1 is 1.11 bits per heavy atom. The molecule has 1 aliphatic heterocycles. The van der Waals surface area contributed by atoms with E-state index in [0.717, 1.165) is 73.7 Å². The molecule has 0 radical (unpaired) electrons. The molecular weight excluding hydrogens is 614 g/mol. The first-order chi connectivity index (χ1) is 21.3. The van der Waals surface area contributed by atoms with Gasteiger partial charge in [0.15, 0.2) is 0 Å². The molecule has 1 saturated heterocycles. The topological polar surface area (TPSA) is 50.5 Å². The van der Waals surface area contributed by atoms with Crippen molar-refractivity contribution in [2.24, 2.45) is 10.9 Å².